The molecular weight excluding hydrogens is 514 g/mol. The Morgan fingerprint density at radius 1 is 1.03 bits per heavy atom. The maximum Gasteiger partial charge on any atom is 0.258 e. The lowest BCUT2D eigenvalue weighted by atomic mass is 10.2. The van der Waals surface area contributed by atoms with Gasteiger partial charge in [-0.3, -0.25) is 14.4 Å². The lowest BCUT2D eigenvalue weighted by Crippen LogP contribution is -2.36. The number of hydrogen-bond acceptors (Lipinski definition) is 8. The number of furan rings is 1. The van der Waals surface area contributed by atoms with Crippen molar-refractivity contribution in [3.05, 3.63) is 78.3 Å². The van der Waals surface area contributed by atoms with Gasteiger partial charge in [-0.05, 0) is 66.2 Å². The van der Waals surface area contributed by atoms with E-state index in [0.717, 1.165) is 4.31 Å². The normalized spacial score (nSPS) is 11.3. The molecule has 3 amide bonds. The molecule has 0 radical (unpaired) electrons. The van der Waals surface area contributed by atoms with Crippen LogP contribution in [0.4, 0.5) is 5.69 Å². The smallest absolute Gasteiger partial charge is 0.258 e. The molecule has 0 aliphatic carbocycles. The van der Waals surface area contributed by atoms with E-state index in [1.165, 1.54) is 50.7 Å². The molecule has 3 aromatic rings. The number of nitrogens with one attached hydrogen (secondary N) is 3. The van der Waals surface area contributed by atoms with Crippen molar-refractivity contribution in [2.24, 2.45) is 5.10 Å². The van der Waals surface area contributed by atoms with E-state index >= 15 is 0 Å². The fraction of sp³-hybridized carbons (Fsp3) is 0.200. The van der Waals surface area contributed by atoms with Gasteiger partial charge in [0.05, 0.1) is 30.5 Å². The molecule has 0 aliphatic rings. The van der Waals surface area contributed by atoms with Gasteiger partial charge in [0.15, 0.2) is 6.61 Å². The predicted molar refractivity (Wildman–Crippen MR) is 139 cm³/mol. The third-order valence-electron chi connectivity index (χ3n) is 4.94. The van der Waals surface area contributed by atoms with Crippen molar-refractivity contribution in [1.29, 1.82) is 0 Å². The molecule has 200 valence electrons. The largest absolute Gasteiger partial charge is 0.484 e. The molecule has 0 fully saturated rings. The molecule has 13 heteroatoms. The van der Waals surface area contributed by atoms with Crippen LogP contribution in [0, 0.1) is 0 Å². The van der Waals surface area contributed by atoms with Gasteiger partial charge in [-0.15, -0.1) is 0 Å². The van der Waals surface area contributed by atoms with E-state index in [4.69, 9.17) is 9.15 Å². The number of nitrogens with zero attached hydrogens (tertiary/aromatic N) is 2. The lowest BCUT2D eigenvalue weighted by molar-refractivity contribution is -0.123. The van der Waals surface area contributed by atoms with E-state index in [0.29, 0.717) is 22.8 Å². The number of anilines is 1. The number of hydrogen-bond donors (Lipinski definition) is 3. The highest BCUT2D eigenvalue weighted by molar-refractivity contribution is 7.89. The summed E-state index contributed by atoms with van der Waals surface area (Å²) in [7, 11) is -2.65. The van der Waals surface area contributed by atoms with Crippen LogP contribution < -0.4 is 20.8 Å². The molecule has 0 aliphatic heterocycles. The second-order valence-electron chi connectivity index (χ2n) is 7.97. The quantitative estimate of drug-likeness (QED) is 0.232. The highest BCUT2D eigenvalue weighted by Gasteiger charge is 2.22. The van der Waals surface area contributed by atoms with Crippen LogP contribution in [-0.2, 0) is 31.0 Å². The zero-order valence-corrected chi connectivity index (χ0v) is 21.5. The van der Waals surface area contributed by atoms with Crippen LogP contribution in [0.1, 0.15) is 18.2 Å². The van der Waals surface area contributed by atoms with Crippen LogP contribution in [0.25, 0.3) is 0 Å². The first-order valence-corrected chi connectivity index (χ1v) is 12.8. The van der Waals surface area contributed by atoms with Crippen LogP contribution in [0.5, 0.6) is 5.75 Å². The van der Waals surface area contributed by atoms with Crippen molar-refractivity contribution >= 4 is 39.6 Å². The summed E-state index contributed by atoms with van der Waals surface area (Å²) in [6, 6.07) is 15.7. The number of rotatable bonds is 12. The first-order valence-electron chi connectivity index (χ1n) is 11.3. The van der Waals surface area contributed by atoms with E-state index in [1.807, 2.05) is 0 Å². The van der Waals surface area contributed by atoms with Gasteiger partial charge < -0.3 is 19.8 Å². The van der Waals surface area contributed by atoms with Crippen molar-refractivity contribution in [2.75, 3.05) is 25.5 Å². The number of likely N-dealkylation sites (N-methyl/N-ethyl adjacent to an activating group) is 1. The molecule has 0 saturated carbocycles. The highest BCUT2D eigenvalue weighted by Crippen LogP contribution is 2.17. The van der Waals surface area contributed by atoms with Crippen molar-refractivity contribution in [3.8, 4) is 5.75 Å². The summed E-state index contributed by atoms with van der Waals surface area (Å²) in [5, 5.41) is 9.06. The van der Waals surface area contributed by atoms with Crippen molar-refractivity contribution in [2.45, 2.75) is 18.4 Å². The number of carbonyl (C=O) groups is 3. The average Bonchev–Trinajstić information content (AvgIpc) is 3.41. The minimum atomic E-state index is -3.93. The molecule has 1 heterocycles. The second kappa shape index (κ2) is 13.2. The van der Waals surface area contributed by atoms with Crippen molar-refractivity contribution in [1.82, 2.24) is 15.0 Å². The summed E-state index contributed by atoms with van der Waals surface area (Å²) in [4.78, 5) is 35.1. The summed E-state index contributed by atoms with van der Waals surface area (Å²) in [5.41, 5.74) is 3.38. The molecule has 12 nitrogen and oxygen atoms in total. The Hall–Kier alpha value is -4.49. The van der Waals surface area contributed by atoms with Crippen LogP contribution in [0.15, 0.2) is 81.3 Å². The van der Waals surface area contributed by atoms with Gasteiger partial charge in [-0.1, -0.05) is 0 Å². The third kappa shape index (κ3) is 8.57. The standard InChI is InChI=1S/C25H27N5O7S/c1-18(31)28-20-7-11-23(12-8-20)38(34,35)30(2)16-24(32)29-27-14-19-5-9-21(10-6-19)37-17-25(33)26-15-22-4-3-13-36-22/h3-14H,15-17H2,1-2H3,(H,26,33)(H,28,31)(H,29,32). The van der Waals surface area contributed by atoms with Crippen LogP contribution in [0.3, 0.4) is 0 Å². The van der Waals surface area contributed by atoms with Crippen molar-refractivity contribution < 1.29 is 32.0 Å². The van der Waals surface area contributed by atoms with Gasteiger partial charge in [0, 0.05) is 19.7 Å². The summed E-state index contributed by atoms with van der Waals surface area (Å²) >= 11 is 0. The Labute approximate surface area is 219 Å². The molecule has 0 saturated heterocycles. The Balaban J connectivity index is 1.43. The minimum absolute atomic E-state index is 0.0253. The topological polar surface area (TPSA) is 159 Å². The number of benzene rings is 2. The average molecular weight is 542 g/mol. The first-order chi connectivity index (χ1) is 18.1. The number of sulfonamides is 1. The zero-order chi connectivity index (χ0) is 27.5. The summed E-state index contributed by atoms with van der Waals surface area (Å²) in [6.45, 7) is 0.991. The molecule has 1 aromatic heterocycles. The summed E-state index contributed by atoms with van der Waals surface area (Å²) < 4.78 is 36.8. The molecular formula is C25H27N5O7S. The number of ether oxygens (including phenoxy) is 1. The molecule has 0 bridgehead atoms. The van der Waals surface area contributed by atoms with Crippen LogP contribution >= 0.6 is 0 Å². The minimum Gasteiger partial charge on any atom is -0.484 e. The highest BCUT2D eigenvalue weighted by atomic mass is 32.2. The van der Waals surface area contributed by atoms with Gasteiger partial charge in [0.1, 0.15) is 11.5 Å². The maximum atomic E-state index is 12.7. The van der Waals surface area contributed by atoms with Gasteiger partial charge in [-0.25, -0.2) is 13.8 Å². The molecule has 0 spiro atoms. The second-order valence-corrected chi connectivity index (χ2v) is 10.0. The van der Waals surface area contributed by atoms with E-state index < -0.39 is 22.5 Å². The third-order valence-corrected chi connectivity index (χ3v) is 6.76. The molecule has 3 N–H and O–H groups in total. The Morgan fingerprint density at radius 3 is 2.37 bits per heavy atom. The molecule has 0 unspecified atom stereocenters. The Morgan fingerprint density at radius 2 is 1.74 bits per heavy atom. The maximum absolute atomic E-state index is 12.7. The van der Waals surface area contributed by atoms with E-state index in [9.17, 15) is 22.8 Å². The van der Waals surface area contributed by atoms with E-state index in [-0.39, 0.29) is 29.9 Å². The van der Waals surface area contributed by atoms with Crippen LogP contribution in [0.2, 0.25) is 0 Å². The molecule has 0 atom stereocenters. The number of hydrazone groups is 1. The molecule has 3 rings (SSSR count). The number of carbonyl (C=O) groups excluding carboxylic acids is 3. The van der Waals surface area contributed by atoms with Crippen molar-refractivity contribution in [3.63, 3.8) is 0 Å². The van der Waals surface area contributed by atoms with Gasteiger partial charge in [-0.2, -0.15) is 9.41 Å². The first kappa shape index (κ1) is 28.1. The Bertz CT molecular complexity index is 1370. The lowest BCUT2D eigenvalue weighted by Gasteiger charge is -2.16. The van der Waals surface area contributed by atoms with Gasteiger partial charge in [0.2, 0.25) is 15.9 Å². The molecule has 2 aromatic carbocycles. The monoisotopic (exact) mass is 541 g/mol. The SMILES string of the molecule is CC(=O)Nc1ccc(S(=O)(=O)N(C)CC(=O)NN=Cc2ccc(OCC(=O)NCc3ccco3)cc2)cc1. The summed E-state index contributed by atoms with van der Waals surface area (Å²) in [6.07, 6.45) is 2.91. The van der Waals surface area contributed by atoms with Gasteiger partial charge >= 0.3 is 0 Å². The zero-order valence-electron chi connectivity index (χ0n) is 20.7. The van der Waals surface area contributed by atoms with Crippen LogP contribution in [-0.4, -0.2) is 56.9 Å². The Kier molecular flexibility index (Phi) is 9.73. The fourth-order valence-electron chi connectivity index (χ4n) is 3.04. The fourth-order valence-corrected chi connectivity index (χ4v) is 4.17. The van der Waals surface area contributed by atoms with Gasteiger partial charge in [0.25, 0.3) is 11.8 Å². The molecule has 38 heavy (non-hydrogen) atoms. The number of amides is 3. The van der Waals surface area contributed by atoms with E-state index in [2.05, 4.69) is 21.2 Å². The summed E-state index contributed by atoms with van der Waals surface area (Å²) in [5.74, 6) is -0.110. The predicted octanol–water partition coefficient (Wildman–Crippen LogP) is 1.70. The van der Waals surface area contributed by atoms with E-state index in [1.54, 1.807) is 36.4 Å².